The van der Waals surface area contributed by atoms with Gasteiger partial charge in [0, 0.05) is 37.0 Å². The third-order valence-electron chi connectivity index (χ3n) is 4.11. The van der Waals surface area contributed by atoms with E-state index >= 15 is 0 Å². The summed E-state index contributed by atoms with van der Waals surface area (Å²) < 4.78 is 1.25. The number of nitrogens with zero attached hydrogens (tertiary/aromatic N) is 3. The van der Waals surface area contributed by atoms with Crippen LogP contribution in [0.25, 0.3) is 5.57 Å². The maximum absolute atomic E-state index is 12.5. The minimum absolute atomic E-state index is 0.186. The fourth-order valence-corrected chi connectivity index (χ4v) is 2.65. The molecular weight excluding hydrogens is 354 g/mol. The zero-order chi connectivity index (χ0) is 19.9. The molecule has 0 amide bonds. The fourth-order valence-electron chi connectivity index (χ4n) is 2.65. The van der Waals surface area contributed by atoms with E-state index in [9.17, 15) is 9.90 Å². The average molecular weight is 377 g/mol. The maximum atomic E-state index is 12.5. The average Bonchev–Trinajstić information content (AvgIpc) is 3.00. The molecule has 3 N–H and O–H groups in total. The van der Waals surface area contributed by atoms with Crippen LogP contribution in [-0.4, -0.2) is 39.4 Å². The molecule has 7 heteroatoms. The van der Waals surface area contributed by atoms with Crippen LogP contribution in [-0.2, 0) is 0 Å². The Kier molecular flexibility index (Phi) is 6.06. The smallest absolute Gasteiger partial charge is 0.273 e. The van der Waals surface area contributed by atoms with Crippen LogP contribution in [0.2, 0.25) is 0 Å². The van der Waals surface area contributed by atoms with E-state index in [0.29, 0.717) is 18.3 Å². The van der Waals surface area contributed by atoms with Crippen molar-refractivity contribution in [2.45, 2.75) is 13.3 Å². The Morgan fingerprint density at radius 2 is 2.21 bits per heavy atom. The van der Waals surface area contributed by atoms with Gasteiger partial charge in [0.05, 0.1) is 0 Å². The van der Waals surface area contributed by atoms with E-state index in [4.69, 9.17) is 0 Å². The normalized spacial score (nSPS) is 13.8. The highest BCUT2D eigenvalue weighted by Gasteiger charge is 2.15. The van der Waals surface area contributed by atoms with E-state index < -0.39 is 0 Å². The Balaban J connectivity index is 1.70. The van der Waals surface area contributed by atoms with Gasteiger partial charge in [0.1, 0.15) is 5.75 Å². The van der Waals surface area contributed by atoms with Crippen molar-refractivity contribution in [3.63, 3.8) is 0 Å². The summed E-state index contributed by atoms with van der Waals surface area (Å²) in [7, 11) is 1.70. The molecule has 0 saturated carbocycles. The Morgan fingerprint density at radius 3 is 3.00 bits per heavy atom. The molecule has 0 atom stereocenters. The molecule has 28 heavy (non-hydrogen) atoms. The quantitative estimate of drug-likeness (QED) is 0.666. The first-order valence-corrected chi connectivity index (χ1v) is 9.00. The summed E-state index contributed by atoms with van der Waals surface area (Å²) in [6.45, 7) is 2.50. The molecule has 1 heterocycles. The summed E-state index contributed by atoms with van der Waals surface area (Å²) >= 11 is 0. The largest absolute Gasteiger partial charge is 0.508 e. The van der Waals surface area contributed by atoms with Crippen molar-refractivity contribution in [1.29, 1.82) is 0 Å². The number of phenolic OH excluding ortho intramolecular Hbond substituents is 1. The molecule has 0 spiro atoms. The van der Waals surface area contributed by atoms with Gasteiger partial charge in [-0.25, -0.2) is 0 Å². The second kappa shape index (κ2) is 8.85. The van der Waals surface area contributed by atoms with E-state index in [0.717, 1.165) is 17.7 Å². The molecule has 7 nitrogen and oxygen atoms in total. The Hall–Kier alpha value is -3.61. The molecule has 1 aromatic carbocycles. The summed E-state index contributed by atoms with van der Waals surface area (Å²) in [4.78, 5) is 16.9. The monoisotopic (exact) mass is 377 g/mol. The summed E-state index contributed by atoms with van der Waals surface area (Å²) in [5.41, 5.74) is 2.87. The number of hydrogen-bond donors (Lipinski definition) is 3. The number of anilines is 2. The number of carbonyl (C=O) groups excluding carboxylic acids is 1. The van der Waals surface area contributed by atoms with Gasteiger partial charge in [0.2, 0.25) is 5.95 Å². The summed E-state index contributed by atoms with van der Waals surface area (Å²) in [5.74, 6) is 0.757. The lowest BCUT2D eigenvalue weighted by Crippen LogP contribution is -2.13. The Labute approximate surface area is 163 Å². The number of phenols is 1. The predicted molar refractivity (Wildman–Crippen MR) is 111 cm³/mol. The van der Waals surface area contributed by atoms with Crippen molar-refractivity contribution in [3.05, 3.63) is 72.1 Å². The minimum Gasteiger partial charge on any atom is -0.508 e. The molecule has 0 fully saturated rings. The number of aromatic nitrogens is 3. The van der Waals surface area contributed by atoms with Crippen LogP contribution in [0, 0.1) is 0 Å². The summed E-state index contributed by atoms with van der Waals surface area (Å²) in [6, 6.07) is 6.79. The third kappa shape index (κ3) is 4.76. The topological polar surface area (TPSA) is 92.1 Å². The van der Waals surface area contributed by atoms with Crippen molar-refractivity contribution < 1.29 is 9.90 Å². The maximum Gasteiger partial charge on any atom is 0.273 e. The van der Waals surface area contributed by atoms with E-state index in [1.807, 2.05) is 24.3 Å². The van der Waals surface area contributed by atoms with Crippen LogP contribution in [0.4, 0.5) is 11.6 Å². The SMILES string of the molecule is CNc1nc(C2=CC=C(C)CC=C2)nn1C(=O)/C=C/CNc1cccc(O)c1. The number of nitrogens with one attached hydrogen (secondary N) is 2. The summed E-state index contributed by atoms with van der Waals surface area (Å²) in [5, 5.41) is 19.8. The van der Waals surface area contributed by atoms with Crippen LogP contribution in [0.3, 0.4) is 0 Å². The molecule has 0 bridgehead atoms. The molecule has 144 valence electrons. The Bertz CT molecular complexity index is 982. The molecular formula is C21H23N5O2. The van der Waals surface area contributed by atoms with E-state index in [2.05, 4.69) is 33.7 Å². The third-order valence-corrected chi connectivity index (χ3v) is 4.11. The van der Waals surface area contributed by atoms with Crippen LogP contribution >= 0.6 is 0 Å². The van der Waals surface area contributed by atoms with Gasteiger partial charge in [-0.3, -0.25) is 4.79 Å². The first-order valence-electron chi connectivity index (χ1n) is 9.00. The van der Waals surface area contributed by atoms with Crippen LogP contribution in [0.15, 0.2) is 66.3 Å². The van der Waals surface area contributed by atoms with E-state index in [-0.39, 0.29) is 11.7 Å². The highest BCUT2D eigenvalue weighted by Crippen LogP contribution is 2.19. The lowest BCUT2D eigenvalue weighted by Gasteiger charge is -2.03. The van der Waals surface area contributed by atoms with Gasteiger partial charge in [0.25, 0.3) is 5.91 Å². The van der Waals surface area contributed by atoms with Crippen LogP contribution < -0.4 is 10.6 Å². The summed E-state index contributed by atoms with van der Waals surface area (Å²) in [6.07, 6.45) is 12.0. The Morgan fingerprint density at radius 1 is 1.36 bits per heavy atom. The van der Waals surface area contributed by atoms with Gasteiger partial charge >= 0.3 is 0 Å². The zero-order valence-corrected chi connectivity index (χ0v) is 15.9. The number of rotatable bonds is 6. The second-order valence-corrected chi connectivity index (χ2v) is 6.33. The predicted octanol–water partition coefficient (Wildman–Crippen LogP) is 3.62. The molecule has 3 rings (SSSR count). The second-order valence-electron chi connectivity index (χ2n) is 6.33. The van der Waals surface area contributed by atoms with Gasteiger partial charge in [-0.15, -0.1) is 5.10 Å². The number of allylic oxidation sites excluding steroid dienone is 7. The number of benzene rings is 1. The van der Waals surface area contributed by atoms with Gasteiger partial charge in [-0.2, -0.15) is 9.67 Å². The molecule has 0 unspecified atom stereocenters. The fraction of sp³-hybridized carbons (Fsp3) is 0.190. The number of carbonyl (C=O) groups is 1. The van der Waals surface area contributed by atoms with Crippen molar-refractivity contribution in [2.24, 2.45) is 0 Å². The number of hydrogen-bond acceptors (Lipinski definition) is 6. The first-order chi connectivity index (χ1) is 13.6. The first kappa shape index (κ1) is 19.2. The van der Waals surface area contributed by atoms with Crippen molar-refractivity contribution in [2.75, 3.05) is 24.2 Å². The molecule has 0 aliphatic heterocycles. The molecule has 1 aliphatic rings. The number of aromatic hydroxyl groups is 1. The lowest BCUT2D eigenvalue weighted by atomic mass is 10.2. The molecule has 1 aromatic heterocycles. The van der Waals surface area contributed by atoms with Crippen LogP contribution in [0.1, 0.15) is 24.0 Å². The zero-order valence-electron chi connectivity index (χ0n) is 15.9. The van der Waals surface area contributed by atoms with Gasteiger partial charge in [-0.1, -0.05) is 42.0 Å². The lowest BCUT2D eigenvalue weighted by molar-refractivity contribution is 0.0956. The molecule has 0 radical (unpaired) electrons. The highest BCUT2D eigenvalue weighted by molar-refractivity contribution is 5.91. The van der Waals surface area contributed by atoms with Crippen molar-refractivity contribution in [1.82, 2.24) is 14.8 Å². The van der Waals surface area contributed by atoms with Gasteiger partial charge in [-0.05, 0) is 25.5 Å². The van der Waals surface area contributed by atoms with Crippen LogP contribution in [0.5, 0.6) is 5.75 Å². The highest BCUT2D eigenvalue weighted by atomic mass is 16.3. The van der Waals surface area contributed by atoms with E-state index in [1.54, 1.807) is 31.3 Å². The van der Waals surface area contributed by atoms with Gasteiger partial charge in [0.15, 0.2) is 5.82 Å². The molecule has 1 aliphatic carbocycles. The minimum atomic E-state index is -0.300. The molecule has 2 aromatic rings. The van der Waals surface area contributed by atoms with Crippen molar-refractivity contribution in [3.8, 4) is 5.75 Å². The standard InChI is InChI=1S/C21H23N5O2/c1-15-6-3-7-16(12-11-15)20-24-21(22-2)26(25-20)19(28)10-5-13-23-17-8-4-9-18(27)14-17/h3-5,7-12,14,23,27H,6,13H2,1-2H3,(H,22,24,25)/b10-5+. The molecule has 0 saturated heterocycles. The van der Waals surface area contributed by atoms with Gasteiger partial charge < -0.3 is 15.7 Å². The van der Waals surface area contributed by atoms with Crippen molar-refractivity contribution >= 4 is 23.1 Å². The van der Waals surface area contributed by atoms with E-state index in [1.165, 1.54) is 16.3 Å².